The summed E-state index contributed by atoms with van der Waals surface area (Å²) in [5, 5.41) is 0.309. The lowest BCUT2D eigenvalue weighted by Crippen LogP contribution is -2.28. The first-order chi connectivity index (χ1) is 21.3. The van der Waals surface area contributed by atoms with Crippen LogP contribution in [0.5, 0.6) is 5.75 Å². The van der Waals surface area contributed by atoms with Crippen molar-refractivity contribution in [1.29, 1.82) is 0 Å². The van der Waals surface area contributed by atoms with E-state index in [9.17, 15) is 14.0 Å². The first kappa shape index (κ1) is 29.8. The quantitative estimate of drug-likeness (QED) is 0.253. The number of primary amides is 1. The predicted octanol–water partition coefficient (Wildman–Crippen LogP) is 6.27. The Morgan fingerprint density at radius 3 is 2.50 bits per heavy atom. The largest absolute Gasteiger partial charge is 0.493 e. The molecule has 1 aromatic heterocycles. The fourth-order valence-electron chi connectivity index (χ4n) is 6.21. The van der Waals surface area contributed by atoms with E-state index in [0.29, 0.717) is 59.4 Å². The van der Waals surface area contributed by atoms with Crippen LogP contribution in [0.4, 0.5) is 4.39 Å². The van der Waals surface area contributed by atoms with Crippen LogP contribution in [-0.2, 0) is 0 Å². The molecule has 6 rings (SSSR count). The van der Waals surface area contributed by atoms with E-state index in [1.54, 1.807) is 47.5 Å². The maximum absolute atomic E-state index is 13.5. The molecule has 226 valence electrons. The smallest absolute Gasteiger partial charge is 0.253 e. The van der Waals surface area contributed by atoms with Crippen LogP contribution in [0.2, 0.25) is 5.02 Å². The molecule has 7 nitrogen and oxygen atoms in total. The molecule has 2 atom stereocenters. The number of hydrogen-bond acceptors (Lipinski definition) is 5. The number of halogens is 2. The van der Waals surface area contributed by atoms with Gasteiger partial charge in [0.2, 0.25) is 0 Å². The van der Waals surface area contributed by atoms with Gasteiger partial charge in [-0.1, -0.05) is 41.9 Å². The molecule has 3 aromatic carbocycles. The number of ether oxygens (including phenoxy) is 1. The zero-order valence-electron chi connectivity index (χ0n) is 24.5. The third-order valence-electron chi connectivity index (χ3n) is 8.58. The maximum atomic E-state index is 13.5. The van der Waals surface area contributed by atoms with Crippen LogP contribution in [0.15, 0.2) is 79.0 Å². The first-order valence-electron chi connectivity index (χ1n) is 14.8. The minimum absolute atomic E-state index is 0.110. The molecular weight excluding hydrogens is 579 g/mol. The number of benzene rings is 3. The van der Waals surface area contributed by atoms with Gasteiger partial charge in [0.1, 0.15) is 11.6 Å². The van der Waals surface area contributed by atoms with Gasteiger partial charge in [0.05, 0.1) is 22.9 Å². The molecule has 3 heterocycles. The van der Waals surface area contributed by atoms with Crippen molar-refractivity contribution < 1.29 is 18.7 Å². The molecule has 9 heteroatoms. The molecule has 1 unspecified atom stereocenters. The van der Waals surface area contributed by atoms with Gasteiger partial charge in [-0.3, -0.25) is 14.6 Å². The lowest BCUT2D eigenvalue weighted by Gasteiger charge is -2.19. The van der Waals surface area contributed by atoms with E-state index in [-0.39, 0.29) is 11.8 Å². The van der Waals surface area contributed by atoms with Gasteiger partial charge < -0.3 is 20.3 Å². The van der Waals surface area contributed by atoms with Crippen molar-refractivity contribution in [3.63, 3.8) is 0 Å². The van der Waals surface area contributed by atoms with E-state index in [2.05, 4.69) is 11.9 Å². The molecule has 0 spiro atoms. The number of nitrogens with zero attached hydrogens (tertiary/aromatic N) is 3. The summed E-state index contributed by atoms with van der Waals surface area (Å²) in [6.45, 7) is 3.67. The van der Waals surface area contributed by atoms with Crippen molar-refractivity contribution in [1.82, 2.24) is 14.8 Å². The monoisotopic (exact) mass is 612 g/mol. The van der Waals surface area contributed by atoms with Gasteiger partial charge in [0.15, 0.2) is 0 Å². The highest BCUT2D eigenvalue weighted by Gasteiger charge is 2.31. The number of hydrogen-bond donors (Lipinski definition) is 1. The van der Waals surface area contributed by atoms with E-state index in [1.807, 2.05) is 24.3 Å². The van der Waals surface area contributed by atoms with Crippen LogP contribution in [0, 0.1) is 11.7 Å². The first-order valence-corrected chi connectivity index (χ1v) is 15.2. The van der Waals surface area contributed by atoms with Crippen LogP contribution in [0.1, 0.15) is 45.2 Å². The Morgan fingerprint density at radius 2 is 1.77 bits per heavy atom. The highest BCUT2D eigenvalue weighted by Crippen LogP contribution is 2.35. The Balaban J connectivity index is 1.17. The van der Waals surface area contributed by atoms with Crippen LogP contribution in [0.25, 0.3) is 22.3 Å². The van der Waals surface area contributed by atoms with Gasteiger partial charge in [-0.25, -0.2) is 4.39 Å². The second kappa shape index (κ2) is 12.8. The molecule has 0 saturated carbocycles. The Kier molecular flexibility index (Phi) is 8.64. The van der Waals surface area contributed by atoms with Crippen molar-refractivity contribution in [3.8, 4) is 28.0 Å². The molecule has 2 saturated heterocycles. The van der Waals surface area contributed by atoms with E-state index in [1.165, 1.54) is 12.1 Å². The van der Waals surface area contributed by atoms with E-state index in [4.69, 9.17) is 27.1 Å². The number of nitrogens with two attached hydrogens (primary N) is 1. The molecule has 2 aliphatic rings. The Bertz CT molecular complexity index is 1700. The maximum Gasteiger partial charge on any atom is 0.253 e. The average Bonchev–Trinajstić information content (AvgIpc) is 3.69. The summed E-state index contributed by atoms with van der Waals surface area (Å²) >= 11 is 6.21. The summed E-state index contributed by atoms with van der Waals surface area (Å²) in [4.78, 5) is 34.8. The van der Waals surface area contributed by atoms with Crippen LogP contribution >= 0.6 is 11.6 Å². The second-order valence-corrected chi connectivity index (χ2v) is 12.1. The summed E-state index contributed by atoms with van der Waals surface area (Å²) in [5.41, 5.74) is 10.5. The standard InChI is InChI=1S/C35H34ClFN4O3/c1-40-14-12-22(19-40)21-44-32-5-3-2-4-29(32)26-16-30(34(38)42)33(39-18-26)25-13-15-41(20-25)35(43)24-8-6-23(7-9-24)28-11-10-27(37)17-31(28)36/h2-11,16-18,22,25H,12-15,19-21H2,1H3,(H2,38,42)/t22?,25-/m1/s1. The van der Waals surface area contributed by atoms with E-state index >= 15 is 0 Å². The number of rotatable bonds is 8. The number of aromatic nitrogens is 1. The van der Waals surface area contributed by atoms with Crippen molar-refractivity contribution in [3.05, 3.63) is 107 Å². The summed E-state index contributed by atoms with van der Waals surface area (Å²) in [6, 6.07) is 20.9. The highest BCUT2D eigenvalue weighted by molar-refractivity contribution is 6.33. The molecular formula is C35H34ClFN4O3. The lowest BCUT2D eigenvalue weighted by molar-refractivity contribution is 0.0790. The van der Waals surface area contributed by atoms with E-state index < -0.39 is 11.7 Å². The summed E-state index contributed by atoms with van der Waals surface area (Å²) in [6.07, 6.45) is 3.53. The third-order valence-corrected chi connectivity index (χ3v) is 8.89. The number of para-hydroxylation sites is 1. The highest BCUT2D eigenvalue weighted by atomic mass is 35.5. The third kappa shape index (κ3) is 6.32. The number of carbonyl (C=O) groups is 2. The Labute approximate surface area is 261 Å². The number of likely N-dealkylation sites (tertiary alicyclic amines) is 2. The molecule has 44 heavy (non-hydrogen) atoms. The van der Waals surface area contributed by atoms with Gasteiger partial charge in [-0.2, -0.15) is 0 Å². The number of pyridine rings is 1. The molecule has 0 bridgehead atoms. The van der Waals surface area contributed by atoms with Gasteiger partial charge in [-0.15, -0.1) is 0 Å². The fraction of sp³-hybridized carbons (Fsp3) is 0.286. The minimum Gasteiger partial charge on any atom is -0.493 e. The number of carbonyl (C=O) groups excluding carboxylic acids is 2. The van der Waals surface area contributed by atoms with Crippen molar-refractivity contribution in [2.75, 3.05) is 39.8 Å². The predicted molar refractivity (Wildman–Crippen MR) is 169 cm³/mol. The van der Waals surface area contributed by atoms with Crippen molar-refractivity contribution in [2.45, 2.75) is 18.8 Å². The minimum atomic E-state index is -0.554. The molecule has 0 aliphatic carbocycles. The van der Waals surface area contributed by atoms with Crippen LogP contribution in [-0.4, -0.2) is 66.4 Å². The molecule has 0 radical (unpaired) electrons. The molecule has 2 amide bonds. The number of amides is 2. The topological polar surface area (TPSA) is 88.8 Å². The average molecular weight is 613 g/mol. The molecule has 4 aromatic rings. The van der Waals surface area contributed by atoms with Crippen molar-refractivity contribution in [2.24, 2.45) is 11.7 Å². The fourth-order valence-corrected chi connectivity index (χ4v) is 6.49. The van der Waals surface area contributed by atoms with Gasteiger partial charge in [-0.05, 0) is 74.5 Å². The van der Waals surface area contributed by atoms with Gasteiger partial charge in [0, 0.05) is 59.9 Å². The van der Waals surface area contributed by atoms with Gasteiger partial charge >= 0.3 is 0 Å². The molecule has 2 aliphatic heterocycles. The Morgan fingerprint density at radius 1 is 0.977 bits per heavy atom. The molecule has 2 N–H and O–H groups in total. The molecule has 2 fully saturated rings. The normalized spacial score (nSPS) is 18.5. The summed E-state index contributed by atoms with van der Waals surface area (Å²) in [7, 11) is 2.12. The van der Waals surface area contributed by atoms with Crippen molar-refractivity contribution >= 4 is 23.4 Å². The zero-order chi connectivity index (χ0) is 30.8. The summed E-state index contributed by atoms with van der Waals surface area (Å²) in [5.74, 6) is 0.0344. The van der Waals surface area contributed by atoms with E-state index in [0.717, 1.165) is 42.0 Å². The van der Waals surface area contributed by atoms with Crippen LogP contribution in [0.3, 0.4) is 0 Å². The summed E-state index contributed by atoms with van der Waals surface area (Å²) < 4.78 is 19.7. The van der Waals surface area contributed by atoms with Crippen LogP contribution < -0.4 is 10.5 Å². The zero-order valence-corrected chi connectivity index (χ0v) is 25.3. The second-order valence-electron chi connectivity index (χ2n) is 11.7. The SMILES string of the molecule is CN1CCC(COc2ccccc2-c2cnc([C@@H]3CCN(C(=O)c4ccc(-c5ccc(F)cc5Cl)cc4)C3)c(C(N)=O)c2)C1. The lowest BCUT2D eigenvalue weighted by atomic mass is 9.96. The Hall–Kier alpha value is -4.27. The van der Waals surface area contributed by atoms with Gasteiger partial charge in [0.25, 0.3) is 11.8 Å².